The van der Waals surface area contributed by atoms with Gasteiger partial charge in [0.1, 0.15) is 0 Å². The average molecular weight is 814 g/mol. The van der Waals surface area contributed by atoms with Gasteiger partial charge in [0.15, 0.2) is 0 Å². The van der Waals surface area contributed by atoms with Crippen LogP contribution < -0.4 is 0 Å². The molecule has 0 unspecified atom stereocenters. The SMILES string of the molecule is c1ccc(-c2nc(-c3ccc(-n4c5ccccc5c5ccccc54)cc3)c(-c3ccc(-n4c5ccccc5c5ccccc54)cc3)c3c2C2c4ccccc4C3c3ccccc32)cc1. The van der Waals surface area contributed by atoms with Crippen LogP contribution in [0.4, 0.5) is 0 Å². The molecule has 3 nitrogen and oxygen atoms in total. The van der Waals surface area contributed by atoms with Crippen LogP contribution in [0.1, 0.15) is 45.2 Å². The molecule has 0 spiro atoms. The Morgan fingerprint density at radius 1 is 0.281 bits per heavy atom. The van der Waals surface area contributed by atoms with E-state index < -0.39 is 0 Å². The zero-order valence-corrected chi connectivity index (χ0v) is 34.9. The number of hydrogen-bond donors (Lipinski definition) is 0. The highest BCUT2D eigenvalue weighted by atomic mass is 15.0. The van der Waals surface area contributed by atoms with Gasteiger partial charge in [-0.3, -0.25) is 0 Å². The number of benzene rings is 9. The molecule has 298 valence electrons. The fourth-order valence-corrected chi connectivity index (χ4v) is 11.5. The number of fused-ring (bicyclic) bond motifs is 6. The molecule has 0 saturated carbocycles. The first-order valence-electron chi connectivity index (χ1n) is 22.3. The number of pyridine rings is 1. The summed E-state index contributed by atoms with van der Waals surface area (Å²) in [5, 5.41) is 5.04. The van der Waals surface area contributed by atoms with Gasteiger partial charge in [0, 0.05) is 61.4 Å². The van der Waals surface area contributed by atoms with Crippen molar-refractivity contribution in [3.63, 3.8) is 0 Å². The van der Waals surface area contributed by atoms with Crippen molar-refractivity contribution in [3.8, 4) is 45.0 Å². The van der Waals surface area contributed by atoms with E-state index in [1.54, 1.807) is 0 Å². The largest absolute Gasteiger partial charge is 0.309 e. The van der Waals surface area contributed by atoms with Crippen molar-refractivity contribution in [3.05, 3.63) is 258 Å². The molecule has 3 heterocycles. The van der Waals surface area contributed by atoms with Crippen LogP contribution in [0.25, 0.3) is 88.6 Å². The predicted molar refractivity (Wildman–Crippen MR) is 264 cm³/mol. The number of aromatic nitrogens is 3. The number of para-hydroxylation sites is 4. The Bertz CT molecular complexity index is 3680. The smallest absolute Gasteiger partial charge is 0.0791 e. The summed E-state index contributed by atoms with van der Waals surface area (Å²) in [6.45, 7) is 0. The zero-order valence-electron chi connectivity index (χ0n) is 34.9. The summed E-state index contributed by atoms with van der Waals surface area (Å²) in [6.07, 6.45) is 0. The molecular weight excluding hydrogens is 775 g/mol. The van der Waals surface area contributed by atoms with E-state index in [-0.39, 0.29) is 11.8 Å². The highest BCUT2D eigenvalue weighted by molar-refractivity contribution is 6.10. The second-order valence-corrected chi connectivity index (χ2v) is 17.3. The van der Waals surface area contributed by atoms with Gasteiger partial charge in [-0.25, -0.2) is 4.98 Å². The number of nitrogens with zero attached hydrogens (tertiary/aromatic N) is 3. The molecule has 0 saturated heterocycles. The lowest BCUT2D eigenvalue weighted by atomic mass is 9.59. The highest BCUT2D eigenvalue weighted by Gasteiger charge is 2.45. The van der Waals surface area contributed by atoms with Crippen molar-refractivity contribution in [2.45, 2.75) is 11.8 Å². The summed E-state index contributed by atoms with van der Waals surface area (Å²) in [5.74, 6) is 0.0953. The summed E-state index contributed by atoms with van der Waals surface area (Å²) < 4.78 is 4.80. The van der Waals surface area contributed by atoms with Gasteiger partial charge in [-0.05, 0) is 87.5 Å². The Kier molecular flexibility index (Phi) is 7.52. The Morgan fingerprint density at radius 2 is 0.625 bits per heavy atom. The van der Waals surface area contributed by atoms with Crippen LogP contribution in [0.5, 0.6) is 0 Å². The predicted octanol–water partition coefficient (Wildman–Crippen LogP) is 15.3. The zero-order chi connectivity index (χ0) is 41.9. The van der Waals surface area contributed by atoms with Crippen LogP contribution in [0.2, 0.25) is 0 Å². The van der Waals surface area contributed by atoms with Crippen LogP contribution in [0.15, 0.2) is 224 Å². The molecule has 0 amide bonds. The first-order valence-corrected chi connectivity index (χ1v) is 22.3. The van der Waals surface area contributed by atoms with E-state index in [1.807, 2.05) is 0 Å². The van der Waals surface area contributed by atoms with Crippen LogP contribution in [-0.4, -0.2) is 14.1 Å². The van der Waals surface area contributed by atoms with Gasteiger partial charge in [0.05, 0.1) is 33.5 Å². The third-order valence-corrected chi connectivity index (χ3v) is 14.1. The second kappa shape index (κ2) is 13.6. The quantitative estimate of drug-likeness (QED) is 0.170. The summed E-state index contributed by atoms with van der Waals surface area (Å²) >= 11 is 0. The van der Waals surface area contributed by atoms with E-state index in [0.29, 0.717) is 0 Å². The lowest BCUT2D eigenvalue weighted by Crippen LogP contribution is -2.29. The molecule has 0 aliphatic heterocycles. The van der Waals surface area contributed by atoms with Gasteiger partial charge in [0.2, 0.25) is 0 Å². The van der Waals surface area contributed by atoms with E-state index in [2.05, 4.69) is 234 Å². The van der Waals surface area contributed by atoms with Gasteiger partial charge < -0.3 is 9.13 Å². The minimum atomic E-state index is 0.0421. The Balaban J connectivity index is 1.04. The lowest BCUT2D eigenvalue weighted by Gasteiger charge is -2.44. The minimum Gasteiger partial charge on any atom is -0.309 e. The second-order valence-electron chi connectivity index (χ2n) is 17.3. The van der Waals surface area contributed by atoms with Crippen molar-refractivity contribution >= 4 is 43.6 Å². The Labute approximate surface area is 370 Å². The maximum atomic E-state index is 5.90. The minimum absolute atomic E-state index is 0.0421. The summed E-state index contributed by atoms with van der Waals surface area (Å²) in [7, 11) is 0. The summed E-state index contributed by atoms with van der Waals surface area (Å²) in [4.78, 5) is 5.90. The van der Waals surface area contributed by atoms with Crippen LogP contribution in [0, 0.1) is 0 Å². The van der Waals surface area contributed by atoms with E-state index in [9.17, 15) is 0 Å². The van der Waals surface area contributed by atoms with E-state index in [1.165, 1.54) is 82.6 Å². The molecule has 0 fully saturated rings. The van der Waals surface area contributed by atoms with Crippen LogP contribution in [-0.2, 0) is 0 Å². The van der Waals surface area contributed by atoms with Crippen molar-refractivity contribution in [2.24, 2.45) is 0 Å². The normalized spacial score (nSPS) is 14.9. The fourth-order valence-electron chi connectivity index (χ4n) is 11.5. The van der Waals surface area contributed by atoms with Gasteiger partial charge >= 0.3 is 0 Å². The van der Waals surface area contributed by atoms with Crippen LogP contribution in [0.3, 0.4) is 0 Å². The fraction of sp³-hybridized carbons (Fsp3) is 0.0328. The molecule has 15 rings (SSSR count). The Hall–Kier alpha value is -8.27. The highest BCUT2D eigenvalue weighted by Crippen LogP contribution is 2.60. The first-order chi connectivity index (χ1) is 31.8. The first kappa shape index (κ1) is 35.3. The molecule has 3 aliphatic carbocycles. The molecule has 0 atom stereocenters. The third-order valence-electron chi connectivity index (χ3n) is 14.1. The maximum absolute atomic E-state index is 5.90. The molecule has 0 N–H and O–H groups in total. The monoisotopic (exact) mass is 813 g/mol. The van der Waals surface area contributed by atoms with Gasteiger partial charge in [-0.15, -0.1) is 0 Å². The third kappa shape index (κ3) is 4.95. The van der Waals surface area contributed by atoms with Crippen molar-refractivity contribution in [1.82, 2.24) is 14.1 Å². The molecule has 64 heavy (non-hydrogen) atoms. The molecule has 3 aromatic heterocycles. The molecule has 9 aromatic carbocycles. The number of hydrogen-bond acceptors (Lipinski definition) is 1. The van der Waals surface area contributed by atoms with Gasteiger partial charge in [-0.1, -0.05) is 176 Å². The lowest BCUT2D eigenvalue weighted by molar-refractivity contribution is 0.753. The van der Waals surface area contributed by atoms with Crippen LogP contribution >= 0.6 is 0 Å². The van der Waals surface area contributed by atoms with E-state index in [4.69, 9.17) is 4.98 Å². The van der Waals surface area contributed by atoms with Gasteiger partial charge in [-0.2, -0.15) is 0 Å². The molecule has 0 radical (unpaired) electrons. The Morgan fingerprint density at radius 3 is 1.06 bits per heavy atom. The molecule has 3 heteroatoms. The summed E-state index contributed by atoms with van der Waals surface area (Å²) in [6, 6.07) is 82.5. The van der Waals surface area contributed by atoms with Crippen molar-refractivity contribution in [1.29, 1.82) is 0 Å². The molecular formula is C61H39N3. The van der Waals surface area contributed by atoms with E-state index in [0.717, 1.165) is 39.5 Å². The van der Waals surface area contributed by atoms with Crippen molar-refractivity contribution in [2.75, 3.05) is 0 Å². The summed E-state index contributed by atoms with van der Waals surface area (Å²) in [5.41, 5.74) is 22.0. The topological polar surface area (TPSA) is 22.8 Å². The molecule has 12 aromatic rings. The average Bonchev–Trinajstić information content (AvgIpc) is 3.89. The molecule has 2 bridgehead atoms. The molecule has 3 aliphatic rings. The van der Waals surface area contributed by atoms with Crippen molar-refractivity contribution < 1.29 is 0 Å². The number of rotatable bonds is 5. The van der Waals surface area contributed by atoms with E-state index >= 15 is 0 Å². The standard InChI is InChI=1S/C61H39N3/c1-2-16-39(17-3-1)61-59-57-49-24-6-4-22-47(49)56(48-23-5-7-25-50(48)57)58(59)55(38-30-34-41(35-31-38)63-51-26-12-8-18-43(51)44-19-9-13-27-52(44)63)60(62-61)40-32-36-42(37-33-40)64-53-28-14-10-20-45(53)46-21-11-15-29-54(46)64/h1-37,56-57H. The maximum Gasteiger partial charge on any atom is 0.0791 e. The van der Waals surface area contributed by atoms with Gasteiger partial charge in [0.25, 0.3) is 0 Å².